The van der Waals surface area contributed by atoms with Gasteiger partial charge in [-0.15, -0.1) is 0 Å². The van der Waals surface area contributed by atoms with Gasteiger partial charge in [-0.1, -0.05) is 11.6 Å². The van der Waals surface area contributed by atoms with E-state index in [1.54, 1.807) is 6.92 Å². The molecule has 1 aromatic heterocycles. The molecule has 84 valence electrons. The number of H-pyrrole nitrogens is 1. The first kappa shape index (κ1) is 11.0. The Morgan fingerprint density at radius 3 is 2.62 bits per heavy atom. The fourth-order valence-electron chi connectivity index (χ4n) is 1.62. The summed E-state index contributed by atoms with van der Waals surface area (Å²) in [6.07, 6.45) is 0. The molecule has 2 aromatic rings. The first-order valence-electron chi connectivity index (χ1n) is 5.00. The number of rotatable bonds is 1. The number of halogens is 1. The number of pyridine rings is 1. The van der Waals surface area contributed by atoms with Crippen LogP contribution in [-0.2, 0) is 0 Å². The van der Waals surface area contributed by atoms with Crippen LogP contribution in [0.4, 0.5) is 5.69 Å². The van der Waals surface area contributed by atoms with Gasteiger partial charge in [-0.2, -0.15) is 0 Å². The zero-order valence-corrected chi connectivity index (χ0v) is 10.2. The van der Waals surface area contributed by atoms with Gasteiger partial charge in [0.2, 0.25) is 0 Å². The summed E-state index contributed by atoms with van der Waals surface area (Å²) in [6, 6.07) is 5.82. The second kappa shape index (κ2) is 3.83. The van der Waals surface area contributed by atoms with Crippen molar-refractivity contribution in [3.05, 3.63) is 39.1 Å². The molecule has 1 N–H and O–H groups in total. The minimum atomic E-state index is -0.131. The van der Waals surface area contributed by atoms with Gasteiger partial charge in [0.15, 0.2) is 0 Å². The lowest BCUT2D eigenvalue weighted by Crippen LogP contribution is -2.12. The van der Waals surface area contributed by atoms with Crippen LogP contribution in [-0.4, -0.2) is 19.1 Å². The number of hydrogen-bond donors (Lipinski definition) is 1. The molecule has 0 fully saturated rings. The van der Waals surface area contributed by atoms with Crippen molar-refractivity contribution in [1.29, 1.82) is 0 Å². The third-order valence-electron chi connectivity index (χ3n) is 2.67. The lowest BCUT2D eigenvalue weighted by Gasteiger charge is -2.13. The van der Waals surface area contributed by atoms with Crippen molar-refractivity contribution in [2.75, 3.05) is 19.0 Å². The Bertz CT molecular complexity index is 602. The SMILES string of the molecule is Cc1c(Cl)c2ccc(N(C)C)cc2[nH]c1=O. The van der Waals surface area contributed by atoms with E-state index >= 15 is 0 Å². The molecule has 1 heterocycles. The molecule has 0 aliphatic heterocycles. The summed E-state index contributed by atoms with van der Waals surface area (Å²) in [5, 5.41) is 1.41. The molecule has 0 saturated heterocycles. The molecule has 0 spiro atoms. The molecule has 2 rings (SSSR count). The number of aromatic nitrogens is 1. The molecule has 0 aliphatic carbocycles. The maximum absolute atomic E-state index is 11.6. The van der Waals surface area contributed by atoms with E-state index < -0.39 is 0 Å². The average Bonchev–Trinajstić information content (AvgIpc) is 2.25. The van der Waals surface area contributed by atoms with Crippen molar-refractivity contribution in [2.24, 2.45) is 0 Å². The summed E-state index contributed by atoms with van der Waals surface area (Å²) >= 11 is 6.13. The van der Waals surface area contributed by atoms with E-state index in [0.29, 0.717) is 10.6 Å². The monoisotopic (exact) mass is 236 g/mol. The van der Waals surface area contributed by atoms with E-state index in [1.165, 1.54) is 0 Å². The standard InChI is InChI=1S/C12H13ClN2O/c1-7-11(13)9-5-4-8(15(2)3)6-10(9)14-12(7)16/h4-6H,1-3H3,(H,14,16). The van der Waals surface area contributed by atoms with Crippen molar-refractivity contribution in [1.82, 2.24) is 4.98 Å². The Kier molecular flexibility index (Phi) is 2.64. The van der Waals surface area contributed by atoms with Crippen molar-refractivity contribution in [3.63, 3.8) is 0 Å². The van der Waals surface area contributed by atoms with E-state index in [2.05, 4.69) is 4.98 Å². The minimum Gasteiger partial charge on any atom is -0.378 e. The first-order chi connectivity index (χ1) is 7.50. The van der Waals surface area contributed by atoms with Crippen LogP contribution in [0, 0.1) is 6.92 Å². The van der Waals surface area contributed by atoms with Gasteiger partial charge in [0, 0.05) is 30.7 Å². The molecule has 0 saturated carbocycles. The fourth-order valence-corrected chi connectivity index (χ4v) is 1.87. The van der Waals surface area contributed by atoms with Crippen LogP contribution in [0.15, 0.2) is 23.0 Å². The van der Waals surface area contributed by atoms with Gasteiger partial charge in [0.25, 0.3) is 5.56 Å². The third kappa shape index (κ3) is 1.67. The van der Waals surface area contributed by atoms with Crippen LogP contribution in [0.25, 0.3) is 10.9 Å². The van der Waals surface area contributed by atoms with Crippen molar-refractivity contribution in [2.45, 2.75) is 6.92 Å². The van der Waals surface area contributed by atoms with E-state index in [1.807, 2.05) is 37.2 Å². The Morgan fingerprint density at radius 2 is 2.00 bits per heavy atom. The van der Waals surface area contributed by atoms with Gasteiger partial charge >= 0.3 is 0 Å². The summed E-state index contributed by atoms with van der Waals surface area (Å²) in [5.41, 5.74) is 2.23. The number of benzene rings is 1. The lowest BCUT2D eigenvalue weighted by atomic mass is 10.1. The molecule has 1 aromatic carbocycles. The van der Waals surface area contributed by atoms with Crippen LogP contribution < -0.4 is 10.5 Å². The number of hydrogen-bond acceptors (Lipinski definition) is 2. The Labute approximate surface area is 98.7 Å². The predicted molar refractivity (Wildman–Crippen MR) is 68.6 cm³/mol. The van der Waals surface area contributed by atoms with Gasteiger partial charge in [-0.3, -0.25) is 4.79 Å². The fraction of sp³-hybridized carbons (Fsp3) is 0.250. The van der Waals surface area contributed by atoms with Crippen LogP contribution in [0.2, 0.25) is 5.02 Å². The van der Waals surface area contributed by atoms with E-state index in [9.17, 15) is 4.79 Å². The molecule has 4 heteroatoms. The summed E-state index contributed by atoms with van der Waals surface area (Å²) in [7, 11) is 3.91. The molecule has 3 nitrogen and oxygen atoms in total. The van der Waals surface area contributed by atoms with Gasteiger partial charge in [-0.25, -0.2) is 0 Å². The highest BCUT2D eigenvalue weighted by atomic mass is 35.5. The Balaban J connectivity index is 2.81. The average molecular weight is 237 g/mol. The largest absolute Gasteiger partial charge is 0.378 e. The number of aromatic amines is 1. The van der Waals surface area contributed by atoms with Gasteiger partial charge in [0.05, 0.1) is 10.5 Å². The molecule has 0 bridgehead atoms. The summed E-state index contributed by atoms with van der Waals surface area (Å²) in [6.45, 7) is 1.72. The molecule has 0 amide bonds. The maximum atomic E-state index is 11.6. The molecule has 0 atom stereocenters. The minimum absolute atomic E-state index is 0.131. The molecule has 0 radical (unpaired) electrons. The molecule has 16 heavy (non-hydrogen) atoms. The van der Waals surface area contributed by atoms with Crippen LogP contribution in [0.3, 0.4) is 0 Å². The highest BCUT2D eigenvalue weighted by Crippen LogP contribution is 2.26. The Morgan fingerprint density at radius 1 is 1.31 bits per heavy atom. The highest BCUT2D eigenvalue weighted by Gasteiger charge is 2.07. The Hall–Kier alpha value is -1.48. The van der Waals surface area contributed by atoms with Crippen molar-refractivity contribution < 1.29 is 0 Å². The number of anilines is 1. The van der Waals surface area contributed by atoms with Gasteiger partial charge in [0.1, 0.15) is 0 Å². The summed E-state index contributed by atoms with van der Waals surface area (Å²) < 4.78 is 0. The molecular weight excluding hydrogens is 224 g/mol. The zero-order valence-electron chi connectivity index (χ0n) is 9.47. The van der Waals surface area contributed by atoms with Crippen LogP contribution >= 0.6 is 11.6 Å². The number of fused-ring (bicyclic) bond motifs is 1. The predicted octanol–water partition coefficient (Wildman–Crippen LogP) is 2.56. The van der Waals surface area contributed by atoms with Crippen LogP contribution in [0.5, 0.6) is 0 Å². The third-order valence-corrected chi connectivity index (χ3v) is 3.16. The summed E-state index contributed by atoms with van der Waals surface area (Å²) in [5.74, 6) is 0. The van der Waals surface area contributed by atoms with E-state index in [-0.39, 0.29) is 5.56 Å². The zero-order chi connectivity index (χ0) is 11.9. The molecular formula is C12H13ClN2O. The van der Waals surface area contributed by atoms with Crippen LogP contribution in [0.1, 0.15) is 5.56 Å². The number of nitrogens with zero attached hydrogens (tertiary/aromatic N) is 1. The highest BCUT2D eigenvalue weighted by molar-refractivity contribution is 6.36. The van der Waals surface area contributed by atoms with Gasteiger partial charge in [-0.05, 0) is 25.1 Å². The quantitative estimate of drug-likeness (QED) is 0.826. The molecule has 0 unspecified atom stereocenters. The second-order valence-corrected chi connectivity index (χ2v) is 4.40. The normalized spacial score (nSPS) is 10.8. The molecule has 0 aliphatic rings. The van der Waals surface area contributed by atoms with E-state index in [0.717, 1.165) is 16.6 Å². The first-order valence-corrected chi connectivity index (χ1v) is 5.38. The number of nitrogens with one attached hydrogen (secondary N) is 1. The van der Waals surface area contributed by atoms with E-state index in [4.69, 9.17) is 11.6 Å². The van der Waals surface area contributed by atoms with Crippen molar-refractivity contribution >= 4 is 28.2 Å². The topological polar surface area (TPSA) is 36.1 Å². The maximum Gasteiger partial charge on any atom is 0.252 e. The lowest BCUT2D eigenvalue weighted by molar-refractivity contribution is 1.13. The van der Waals surface area contributed by atoms with Crippen molar-refractivity contribution in [3.8, 4) is 0 Å². The smallest absolute Gasteiger partial charge is 0.252 e. The summed E-state index contributed by atoms with van der Waals surface area (Å²) in [4.78, 5) is 16.4. The van der Waals surface area contributed by atoms with Gasteiger partial charge < -0.3 is 9.88 Å². The second-order valence-electron chi connectivity index (χ2n) is 4.02.